The summed E-state index contributed by atoms with van der Waals surface area (Å²) in [7, 11) is 0. The molecule has 0 spiro atoms. The van der Waals surface area contributed by atoms with Gasteiger partial charge in [0.15, 0.2) is 17.3 Å². The van der Waals surface area contributed by atoms with Gasteiger partial charge in [-0.3, -0.25) is 19.6 Å². The molecule has 216 valence electrons. The second-order valence-corrected chi connectivity index (χ2v) is 9.61. The molecule has 0 aliphatic carbocycles. The van der Waals surface area contributed by atoms with E-state index in [1.165, 1.54) is 29.2 Å². The zero-order chi connectivity index (χ0) is 30.1. The number of anilines is 2. The second-order valence-electron chi connectivity index (χ2n) is 9.61. The minimum Gasteiger partial charge on any atom is -0.452 e. The summed E-state index contributed by atoms with van der Waals surface area (Å²) in [5, 5.41) is 6.81. The Hall–Kier alpha value is -5.72. The first-order valence-electron chi connectivity index (χ1n) is 13.2. The van der Waals surface area contributed by atoms with Crippen molar-refractivity contribution in [1.29, 1.82) is 0 Å². The van der Waals surface area contributed by atoms with Gasteiger partial charge in [-0.25, -0.2) is 23.0 Å². The van der Waals surface area contributed by atoms with Crippen LogP contribution in [0.2, 0.25) is 0 Å². The fourth-order valence-corrected chi connectivity index (χ4v) is 4.73. The highest BCUT2D eigenvalue weighted by Gasteiger charge is 2.43. The highest BCUT2D eigenvalue weighted by atomic mass is 19.1. The quantitative estimate of drug-likeness (QED) is 0.270. The number of pyridine rings is 1. The smallest absolute Gasteiger partial charge is 0.331 e. The van der Waals surface area contributed by atoms with Crippen LogP contribution in [0.25, 0.3) is 16.8 Å². The number of carbonyl (C=O) groups excluding carboxylic acids is 3. The number of imide groups is 1. The minimum absolute atomic E-state index is 0.0822. The molecule has 0 bridgehead atoms. The molecule has 1 fully saturated rings. The fraction of sp³-hybridized carbons (Fsp3) is 0.133. The van der Waals surface area contributed by atoms with Crippen LogP contribution in [0.3, 0.4) is 0 Å². The van der Waals surface area contributed by atoms with E-state index in [-0.39, 0.29) is 30.2 Å². The van der Waals surface area contributed by atoms with Crippen LogP contribution in [0.1, 0.15) is 6.92 Å². The van der Waals surface area contributed by atoms with Crippen LogP contribution >= 0.6 is 0 Å². The van der Waals surface area contributed by atoms with E-state index in [2.05, 4.69) is 20.4 Å². The Bertz CT molecular complexity index is 1850. The van der Waals surface area contributed by atoms with Gasteiger partial charge >= 0.3 is 6.03 Å². The predicted molar refractivity (Wildman–Crippen MR) is 151 cm³/mol. The molecule has 6 rings (SSSR count). The summed E-state index contributed by atoms with van der Waals surface area (Å²) in [5.74, 6) is -3.88. The number of amides is 4. The van der Waals surface area contributed by atoms with Gasteiger partial charge < -0.3 is 15.0 Å². The van der Waals surface area contributed by atoms with Crippen molar-refractivity contribution < 1.29 is 27.9 Å². The van der Waals surface area contributed by atoms with Crippen LogP contribution in [-0.4, -0.2) is 55.4 Å². The molecule has 1 saturated heterocycles. The van der Waals surface area contributed by atoms with E-state index in [9.17, 15) is 18.8 Å². The Labute approximate surface area is 243 Å². The summed E-state index contributed by atoms with van der Waals surface area (Å²) in [4.78, 5) is 49.9. The molecule has 13 heteroatoms. The van der Waals surface area contributed by atoms with E-state index >= 15 is 4.39 Å². The molecule has 11 nitrogen and oxygen atoms in total. The number of nitrogens with one attached hydrogen (secondary N) is 1. The molecule has 2 aromatic carbocycles. The Kier molecular flexibility index (Phi) is 7.20. The van der Waals surface area contributed by atoms with Gasteiger partial charge in [0.25, 0.3) is 0 Å². The Morgan fingerprint density at radius 2 is 1.84 bits per heavy atom. The SMILES string of the molecule is CCN1CC(C(=O)Nc2ccc(Oc3cc(-c4cnccn4)cn4nccc34)c(F)c2)C(=O)N(c2ccc(F)cc2)C1=O. The standard InChI is InChI=1S/C30H23F2N7O4/c1-2-37-17-22(29(41)39(30(37)42)21-6-3-19(31)4-7-21)28(40)36-20-5-8-26(23(32)14-20)43-27-13-18(24-15-33-11-12-34-24)16-38-25(27)9-10-35-38/h3-16,22H,2,17H2,1H3,(H,36,40). The molecule has 3 aromatic heterocycles. The number of nitrogens with zero attached hydrogens (tertiary/aromatic N) is 6. The van der Waals surface area contributed by atoms with Gasteiger partial charge in [-0.05, 0) is 55.5 Å². The van der Waals surface area contributed by atoms with Gasteiger partial charge in [-0.15, -0.1) is 0 Å². The van der Waals surface area contributed by atoms with Crippen molar-refractivity contribution >= 4 is 34.7 Å². The molecule has 5 aromatic rings. The van der Waals surface area contributed by atoms with E-state index in [1.54, 1.807) is 54.6 Å². The van der Waals surface area contributed by atoms with Gasteiger partial charge in [0.1, 0.15) is 17.3 Å². The maximum atomic E-state index is 15.3. The molecular formula is C30H23F2N7O4. The van der Waals surface area contributed by atoms with E-state index in [1.807, 2.05) is 0 Å². The first-order chi connectivity index (χ1) is 20.8. The molecule has 4 amide bonds. The number of ether oxygens (including phenoxy) is 1. The van der Waals surface area contributed by atoms with Crippen molar-refractivity contribution in [3.05, 3.63) is 97.2 Å². The fourth-order valence-electron chi connectivity index (χ4n) is 4.73. The predicted octanol–water partition coefficient (Wildman–Crippen LogP) is 4.91. The maximum Gasteiger partial charge on any atom is 0.331 e. The Balaban J connectivity index is 1.22. The van der Waals surface area contributed by atoms with Crippen molar-refractivity contribution in [2.24, 2.45) is 5.92 Å². The number of hydrogen-bond donors (Lipinski definition) is 1. The van der Waals surface area contributed by atoms with Crippen LogP contribution in [0.4, 0.5) is 25.0 Å². The van der Waals surface area contributed by atoms with Crippen LogP contribution in [0, 0.1) is 17.6 Å². The monoisotopic (exact) mass is 583 g/mol. The molecule has 1 aliphatic rings. The molecular weight excluding hydrogens is 560 g/mol. The third-order valence-corrected chi connectivity index (χ3v) is 6.92. The highest BCUT2D eigenvalue weighted by Crippen LogP contribution is 2.33. The van der Waals surface area contributed by atoms with Crippen molar-refractivity contribution in [1.82, 2.24) is 24.5 Å². The van der Waals surface area contributed by atoms with Crippen LogP contribution < -0.4 is 15.0 Å². The zero-order valence-corrected chi connectivity index (χ0v) is 22.6. The lowest BCUT2D eigenvalue weighted by atomic mass is 10.0. The van der Waals surface area contributed by atoms with Crippen molar-refractivity contribution in [3.63, 3.8) is 0 Å². The Morgan fingerprint density at radius 3 is 2.56 bits per heavy atom. The molecule has 1 aliphatic heterocycles. The lowest BCUT2D eigenvalue weighted by Crippen LogP contribution is -2.59. The summed E-state index contributed by atoms with van der Waals surface area (Å²) in [6.45, 7) is 1.78. The summed E-state index contributed by atoms with van der Waals surface area (Å²) in [6, 6.07) is 11.4. The topological polar surface area (TPSA) is 122 Å². The van der Waals surface area contributed by atoms with Crippen molar-refractivity contribution in [2.75, 3.05) is 23.3 Å². The average Bonchev–Trinajstić information content (AvgIpc) is 3.49. The molecule has 0 radical (unpaired) electrons. The second kappa shape index (κ2) is 11.3. The largest absolute Gasteiger partial charge is 0.452 e. The zero-order valence-electron chi connectivity index (χ0n) is 22.6. The molecule has 0 saturated carbocycles. The number of urea groups is 1. The number of benzene rings is 2. The van der Waals surface area contributed by atoms with Crippen LogP contribution in [-0.2, 0) is 9.59 Å². The van der Waals surface area contributed by atoms with Crippen LogP contribution in [0.15, 0.2) is 85.6 Å². The molecule has 43 heavy (non-hydrogen) atoms. The lowest BCUT2D eigenvalue weighted by molar-refractivity contribution is -0.132. The maximum absolute atomic E-state index is 15.3. The average molecular weight is 584 g/mol. The first-order valence-corrected chi connectivity index (χ1v) is 13.2. The third-order valence-electron chi connectivity index (χ3n) is 6.92. The van der Waals surface area contributed by atoms with E-state index < -0.39 is 35.4 Å². The van der Waals surface area contributed by atoms with E-state index in [0.717, 1.165) is 23.1 Å². The van der Waals surface area contributed by atoms with Crippen molar-refractivity contribution in [2.45, 2.75) is 6.92 Å². The molecule has 1 N–H and O–H groups in total. The number of halogens is 2. The van der Waals surface area contributed by atoms with Gasteiger partial charge in [0, 0.05) is 49.0 Å². The summed E-state index contributed by atoms with van der Waals surface area (Å²) < 4.78 is 36.2. The summed E-state index contributed by atoms with van der Waals surface area (Å²) in [5.41, 5.74) is 2.02. The minimum atomic E-state index is -1.28. The molecule has 1 unspecified atom stereocenters. The first kappa shape index (κ1) is 27.4. The molecule has 4 heterocycles. The summed E-state index contributed by atoms with van der Waals surface area (Å²) >= 11 is 0. The highest BCUT2D eigenvalue weighted by molar-refractivity contribution is 6.23. The van der Waals surface area contributed by atoms with Crippen LogP contribution in [0.5, 0.6) is 11.5 Å². The van der Waals surface area contributed by atoms with Gasteiger partial charge in [-0.1, -0.05) is 0 Å². The lowest BCUT2D eigenvalue weighted by Gasteiger charge is -2.37. The van der Waals surface area contributed by atoms with Gasteiger partial charge in [0.05, 0.1) is 23.8 Å². The summed E-state index contributed by atoms with van der Waals surface area (Å²) in [6.07, 6.45) is 8.01. The number of hydrogen-bond acceptors (Lipinski definition) is 7. The van der Waals surface area contributed by atoms with E-state index in [0.29, 0.717) is 22.5 Å². The number of rotatable bonds is 7. The van der Waals surface area contributed by atoms with Crippen molar-refractivity contribution in [3.8, 4) is 22.8 Å². The number of fused-ring (bicyclic) bond motifs is 1. The Morgan fingerprint density at radius 1 is 1.02 bits per heavy atom. The number of aromatic nitrogens is 4. The van der Waals surface area contributed by atoms with Gasteiger partial charge in [0.2, 0.25) is 11.8 Å². The number of carbonyl (C=O) groups is 3. The third kappa shape index (κ3) is 5.35. The normalized spacial score (nSPS) is 15.2. The van der Waals surface area contributed by atoms with Gasteiger partial charge in [-0.2, -0.15) is 5.10 Å². The molecule has 1 atom stereocenters. The van der Waals surface area contributed by atoms with E-state index in [4.69, 9.17) is 4.74 Å².